The highest BCUT2D eigenvalue weighted by atomic mass is 19.4. The smallest absolute Gasteiger partial charge is 0.382 e. The number of para-hydroxylation sites is 1. The second-order valence-electron chi connectivity index (χ2n) is 11.2. The maximum atomic E-state index is 14.8. The average molecular weight is 527 g/mol. The van der Waals surface area contributed by atoms with Gasteiger partial charge in [0.15, 0.2) is 6.10 Å². The van der Waals surface area contributed by atoms with Crippen LogP contribution in [0, 0.1) is 6.92 Å². The SMILES string of the molecule is Cc1cccc(C2(Cc3cccc(N4CCCC(C)(F)C4)c3)CN(C[C@@H](O)C(F)(F)F)c3ccccc32)c1. The lowest BCUT2D eigenvalue weighted by Crippen LogP contribution is -2.44. The van der Waals surface area contributed by atoms with Crippen molar-refractivity contribution in [1.82, 2.24) is 0 Å². The summed E-state index contributed by atoms with van der Waals surface area (Å²) in [6, 6.07) is 23.8. The Bertz CT molecular complexity index is 1290. The van der Waals surface area contributed by atoms with Gasteiger partial charge < -0.3 is 14.9 Å². The van der Waals surface area contributed by atoms with Crippen molar-refractivity contribution in [3.8, 4) is 0 Å². The van der Waals surface area contributed by atoms with Crippen LogP contribution in [0.2, 0.25) is 0 Å². The third kappa shape index (κ3) is 5.26. The molecule has 2 unspecified atom stereocenters. The molecular weight excluding hydrogens is 492 g/mol. The Balaban J connectivity index is 1.56. The first-order valence-corrected chi connectivity index (χ1v) is 13.2. The highest BCUT2D eigenvalue weighted by Gasteiger charge is 2.47. The van der Waals surface area contributed by atoms with E-state index in [2.05, 4.69) is 17.0 Å². The molecule has 2 aliphatic heterocycles. The van der Waals surface area contributed by atoms with Gasteiger partial charge in [0.25, 0.3) is 0 Å². The summed E-state index contributed by atoms with van der Waals surface area (Å²) >= 11 is 0. The number of alkyl halides is 4. The number of nitrogens with zero attached hydrogens (tertiary/aromatic N) is 2. The summed E-state index contributed by atoms with van der Waals surface area (Å²) in [7, 11) is 0. The molecule has 0 aromatic heterocycles. The molecule has 1 fully saturated rings. The molecule has 1 saturated heterocycles. The van der Waals surface area contributed by atoms with Crippen LogP contribution in [0.25, 0.3) is 0 Å². The standard InChI is InChI=1S/C31H34F4N2O/c1-22-8-5-10-24(16-22)30(18-23-9-6-11-25(17-23)36-15-7-14-29(2,32)20-36)21-37(19-28(38)31(33,34)35)27-13-4-3-12-26(27)30/h3-6,8-13,16-17,28,38H,7,14-15,18-21H2,1-2H3/t28-,29?,30?/m1/s1. The van der Waals surface area contributed by atoms with Gasteiger partial charge in [-0.3, -0.25) is 0 Å². The van der Waals surface area contributed by atoms with Crippen LogP contribution in [0.15, 0.2) is 72.8 Å². The molecule has 0 bridgehead atoms. The number of halogens is 4. The second-order valence-corrected chi connectivity index (χ2v) is 11.2. The summed E-state index contributed by atoms with van der Waals surface area (Å²) in [5.41, 5.74) is 3.87. The van der Waals surface area contributed by atoms with E-state index in [9.17, 15) is 22.7 Å². The summed E-state index contributed by atoms with van der Waals surface area (Å²) < 4.78 is 54.9. The fourth-order valence-corrected chi connectivity index (χ4v) is 6.19. The van der Waals surface area contributed by atoms with Crippen molar-refractivity contribution in [2.24, 2.45) is 0 Å². The van der Waals surface area contributed by atoms with E-state index >= 15 is 0 Å². The van der Waals surface area contributed by atoms with Crippen LogP contribution in [0.5, 0.6) is 0 Å². The molecule has 7 heteroatoms. The number of β-amino-alcohol motifs (C(OH)–C–C–N with tert-alkyl or cyclic N) is 1. The zero-order valence-electron chi connectivity index (χ0n) is 21.8. The number of anilines is 2. The lowest BCUT2D eigenvalue weighted by atomic mass is 9.71. The molecule has 3 nitrogen and oxygen atoms in total. The van der Waals surface area contributed by atoms with E-state index in [1.54, 1.807) is 11.8 Å². The van der Waals surface area contributed by atoms with Gasteiger partial charge in [-0.05, 0) is 68.0 Å². The van der Waals surface area contributed by atoms with E-state index in [0.29, 0.717) is 31.6 Å². The predicted octanol–water partition coefficient (Wildman–Crippen LogP) is 6.60. The van der Waals surface area contributed by atoms with E-state index < -0.39 is 29.9 Å². The van der Waals surface area contributed by atoms with Crippen LogP contribution in [-0.4, -0.2) is 49.2 Å². The number of fused-ring (bicyclic) bond motifs is 1. The molecule has 0 aliphatic carbocycles. The molecule has 5 rings (SSSR count). The summed E-state index contributed by atoms with van der Waals surface area (Å²) in [6.07, 6.45) is -5.25. The minimum Gasteiger partial charge on any atom is -0.382 e. The molecule has 2 heterocycles. The van der Waals surface area contributed by atoms with Crippen LogP contribution in [0.4, 0.5) is 28.9 Å². The van der Waals surface area contributed by atoms with Crippen molar-refractivity contribution < 1.29 is 22.7 Å². The van der Waals surface area contributed by atoms with Crippen molar-refractivity contribution in [2.75, 3.05) is 36.0 Å². The Hall–Kier alpha value is -3.06. The van der Waals surface area contributed by atoms with Crippen LogP contribution in [-0.2, 0) is 11.8 Å². The third-order valence-electron chi connectivity index (χ3n) is 7.99. The minimum atomic E-state index is -4.70. The number of aryl methyl sites for hydroxylation is 1. The van der Waals surface area contributed by atoms with Crippen molar-refractivity contribution in [2.45, 2.75) is 56.5 Å². The first-order valence-electron chi connectivity index (χ1n) is 13.2. The molecule has 0 spiro atoms. The van der Waals surface area contributed by atoms with Gasteiger partial charge in [-0.2, -0.15) is 13.2 Å². The van der Waals surface area contributed by atoms with E-state index in [0.717, 1.165) is 40.9 Å². The van der Waals surface area contributed by atoms with Crippen molar-refractivity contribution in [3.63, 3.8) is 0 Å². The zero-order valence-corrected chi connectivity index (χ0v) is 21.8. The summed E-state index contributed by atoms with van der Waals surface area (Å²) in [5.74, 6) is 0. The Morgan fingerprint density at radius 3 is 2.47 bits per heavy atom. The quantitative estimate of drug-likeness (QED) is 0.367. The molecule has 202 valence electrons. The summed E-state index contributed by atoms with van der Waals surface area (Å²) in [5, 5.41) is 9.97. The van der Waals surface area contributed by atoms with Crippen molar-refractivity contribution in [1.29, 1.82) is 0 Å². The number of benzene rings is 3. The molecule has 0 radical (unpaired) electrons. The van der Waals surface area contributed by atoms with Gasteiger partial charge in [0, 0.05) is 29.9 Å². The van der Waals surface area contributed by atoms with Crippen LogP contribution < -0.4 is 9.80 Å². The molecule has 3 aromatic rings. The van der Waals surface area contributed by atoms with Crippen molar-refractivity contribution >= 4 is 11.4 Å². The number of hydrogen-bond acceptors (Lipinski definition) is 3. The Morgan fingerprint density at radius 1 is 0.974 bits per heavy atom. The first kappa shape index (κ1) is 26.5. The molecule has 0 amide bonds. The molecule has 3 aromatic carbocycles. The van der Waals surface area contributed by atoms with Crippen LogP contribution in [0.3, 0.4) is 0 Å². The van der Waals surface area contributed by atoms with E-state index in [1.807, 2.05) is 67.6 Å². The van der Waals surface area contributed by atoms with Gasteiger partial charge >= 0.3 is 6.18 Å². The normalized spacial score (nSPS) is 24.4. The van der Waals surface area contributed by atoms with Crippen LogP contribution >= 0.6 is 0 Å². The lowest BCUT2D eigenvalue weighted by Gasteiger charge is -2.37. The molecule has 0 saturated carbocycles. The molecule has 38 heavy (non-hydrogen) atoms. The molecular formula is C31H34F4N2O. The number of aliphatic hydroxyl groups is 1. The maximum Gasteiger partial charge on any atom is 0.416 e. The summed E-state index contributed by atoms with van der Waals surface area (Å²) in [4.78, 5) is 3.75. The van der Waals surface area contributed by atoms with Gasteiger partial charge in [0.05, 0.1) is 13.1 Å². The Labute approximate surface area is 221 Å². The fourth-order valence-electron chi connectivity index (χ4n) is 6.19. The van der Waals surface area contributed by atoms with Gasteiger partial charge in [0.2, 0.25) is 0 Å². The highest BCUT2D eigenvalue weighted by Crippen LogP contribution is 2.48. The molecule has 3 atom stereocenters. The number of rotatable bonds is 6. The minimum absolute atomic E-state index is 0.305. The maximum absolute atomic E-state index is 14.8. The molecule has 2 aliphatic rings. The topological polar surface area (TPSA) is 26.7 Å². The fraction of sp³-hybridized carbons (Fsp3) is 0.419. The van der Waals surface area contributed by atoms with Gasteiger partial charge in [0.1, 0.15) is 5.67 Å². The largest absolute Gasteiger partial charge is 0.416 e. The van der Waals surface area contributed by atoms with E-state index in [-0.39, 0.29) is 0 Å². The van der Waals surface area contributed by atoms with E-state index in [1.165, 1.54) is 0 Å². The van der Waals surface area contributed by atoms with Gasteiger partial charge in [-0.15, -0.1) is 0 Å². The summed E-state index contributed by atoms with van der Waals surface area (Å²) in [6.45, 7) is 4.56. The predicted molar refractivity (Wildman–Crippen MR) is 144 cm³/mol. The number of piperidine rings is 1. The number of aliphatic hydroxyl groups excluding tert-OH is 1. The monoisotopic (exact) mass is 526 g/mol. The Morgan fingerprint density at radius 2 is 1.74 bits per heavy atom. The number of hydrogen-bond donors (Lipinski definition) is 1. The third-order valence-corrected chi connectivity index (χ3v) is 7.99. The second kappa shape index (κ2) is 9.92. The molecule has 1 N–H and O–H groups in total. The van der Waals surface area contributed by atoms with Crippen LogP contribution in [0.1, 0.15) is 42.0 Å². The van der Waals surface area contributed by atoms with Gasteiger partial charge in [-0.25, -0.2) is 4.39 Å². The van der Waals surface area contributed by atoms with E-state index in [4.69, 9.17) is 0 Å². The van der Waals surface area contributed by atoms with Crippen molar-refractivity contribution in [3.05, 3.63) is 95.1 Å². The van der Waals surface area contributed by atoms with Gasteiger partial charge in [-0.1, -0.05) is 60.2 Å². The highest BCUT2D eigenvalue weighted by molar-refractivity contribution is 5.67. The average Bonchev–Trinajstić information content (AvgIpc) is 3.17. The zero-order chi connectivity index (χ0) is 27.1. The lowest BCUT2D eigenvalue weighted by molar-refractivity contribution is -0.200. The Kier molecular flexibility index (Phi) is 6.93. The first-order chi connectivity index (χ1) is 18.0.